The van der Waals surface area contributed by atoms with Gasteiger partial charge in [0.25, 0.3) is 10.7 Å². The fourth-order valence-corrected chi connectivity index (χ4v) is 1.22. The predicted octanol–water partition coefficient (Wildman–Crippen LogP) is 2.74. The topological polar surface area (TPSA) is 35.3 Å². The lowest BCUT2D eigenvalue weighted by atomic mass is 9.94. The van der Waals surface area contributed by atoms with E-state index in [9.17, 15) is 0 Å². The van der Waals surface area contributed by atoms with Crippen LogP contribution in [0.15, 0.2) is 9.22 Å². The molecule has 1 rings (SSSR count). The smallest absolute Gasteiger partial charge is 0.267 e. The number of ether oxygens (including phenoxy) is 1. The van der Waals surface area contributed by atoms with Crippen molar-refractivity contribution in [3.8, 4) is 5.88 Å². The Hall–Kier alpha value is -0.510. The molecule has 68 valence electrons. The van der Waals surface area contributed by atoms with Crippen molar-refractivity contribution in [1.29, 1.82) is 0 Å². The summed E-state index contributed by atoms with van der Waals surface area (Å²) in [6.45, 7) is 6.13. The van der Waals surface area contributed by atoms with E-state index >= 15 is 0 Å². The molecule has 0 radical (unpaired) electrons. The molecule has 0 aromatic carbocycles. The maximum Gasteiger partial charge on any atom is 0.267 e. The molecule has 0 aliphatic rings. The number of methoxy groups -OCH3 is 1. The summed E-state index contributed by atoms with van der Waals surface area (Å²) < 4.78 is 10.4. The monoisotopic (exact) mass is 233 g/mol. The maximum absolute atomic E-state index is 5.35. The molecule has 0 aliphatic carbocycles. The number of aromatic nitrogens is 1. The van der Waals surface area contributed by atoms with Gasteiger partial charge in [-0.15, -0.1) is 0 Å². The van der Waals surface area contributed by atoms with Crippen LogP contribution in [0.25, 0.3) is 0 Å². The van der Waals surface area contributed by atoms with Gasteiger partial charge in [-0.1, -0.05) is 20.8 Å². The zero-order chi connectivity index (χ0) is 9.35. The van der Waals surface area contributed by atoms with Crippen LogP contribution in [0, 0.1) is 0 Å². The first-order valence-corrected chi connectivity index (χ1v) is 4.45. The van der Waals surface area contributed by atoms with E-state index in [0.717, 1.165) is 5.76 Å². The van der Waals surface area contributed by atoms with Crippen molar-refractivity contribution in [2.45, 2.75) is 26.2 Å². The van der Waals surface area contributed by atoms with E-state index in [1.807, 2.05) is 20.8 Å². The van der Waals surface area contributed by atoms with Crippen molar-refractivity contribution < 1.29 is 9.15 Å². The lowest BCUT2D eigenvalue weighted by Crippen LogP contribution is -2.11. The van der Waals surface area contributed by atoms with Gasteiger partial charge in [0.2, 0.25) is 0 Å². The first kappa shape index (κ1) is 9.58. The average molecular weight is 234 g/mol. The lowest BCUT2D eigenvalue weighted by molar-refractivity contribution is 0.345. The first-order chi connectivity index (χ1) is 5.45. The van der Waals surface area contributed by atoms with Gasteiger partial charge in [-0.2, -0.15) is 4.98 Å². The second-order valence-corrected chi connectivity index (χ2v) is 4.23. The minimum Gasteiger partial charge on any atom is -0.478 e. The van der Waals surface area contributed by atoms with Crippen molar-refractivity contribution in [2.24, 2.45) is 0 Å². The predicted molar refractivity (Wildman–Crippen MR) is 49.5 cm³/mol. The van der Waals surface area contributed by atoms with Gasteiger partial charge in [0, 0.05) is 21.3 Å². The molecule has 4 heteroatoms. The molecule has 0 spiro atoms. The maximum atomic E-state index is 5.35. The molecule has 1 aromatic heterocycles. The summed E-state index contributed by atoms with van der Waals surface area (Å²) >= 11 is 3.16. The number of oxazole rings is 1. The summed E-state index contributed by atoms with van der Waals surface area (Å²) in [6, 6.07) is 0. The Balaban J connectivity index is 3.13. The number of nitrogens with zero attached hydrogens (tertiary/aromatic N) is 1. The molecule has 1 aromatic rings. The molecule has 0 N–H and O–H groups in total. The number of hydrogen-bond donors (Lipinski definition) is 0. The van der Waals surface area contributed by atoms with Crippen LogP contribution in [0.2, 0.25) is 0 Å². The van der Waals surface area contributed by atoms with Crippen molar-refractivity contribution in [3.63, 3.8) is 0 Å². The molecule has 0 aliphatic heterocycles. The fourth-order valence-electron chi connectivity index (χ4n) is 0.894. The van der Waals surface area contributed by atoms with Crippen molar-refractivity contribution >= 4 is 15.9 Å². The van der Waals surface area contributed by atoms with Crippen molar-refractivity contribution in [3.05, 3.63) is 10.6 Å². The second kappa shape index (κ2) is 3.09. The molecule has 12 heavy (non-hydrogen) atoms. The largest absolute Gasteiger partial charge is 0.478 e. The summed E-state index contributed by atoms with van der Waals surface area (Å²) in [7, 11) is 1.58. The molecule has 0 atom stereocenters. The average Bonchev–Trinajstić information content (AvgIpc) is 2.29. The van der Waals surface area contributed by atoms with Crippen LogP contribution in [-0.4, -0.2) is 12.1 Å². The first-order valence-electron chi connectivity index (χ1n) is 3.66. The SMILES string of the molecule is COc1nc(Br)oc1C(C)(C)C. The third-order valence-corrected chi connectivity index (χ3v) is 1.78. The molecule has 0 saturated heterocycles. The highest BCUT2D eigenvalue weighted by Gasteiger charge is 2.25. The van der Waals surface area contributed by atoms with Gasteiger partial charge < -0.3 is 9.15 Å². The van der Waals surface area contributed by atoms with Gasteiger partial charge in [0.1, 0.15) is 0 Å². The zero-order valence-corrected chi connectivity index (χ0v) is 9.23. The summed E-state index contributed by atoms with van der Waals surface area (Å²) in [5.74, 6) is 1.31. The second-order valence-electron chi connectivity index (χ2n) is 3.56. The van der Waals surface area contributed by atoms with Gasteiger partial charge in [0.15, 0.2) is 5.76 Å². The van der Waals surface area contributed by atoms with Crippen LogP contribution < -0.4 is 4.74 Å². The van der Waals surface area contributed by atoms with E-state index in [0.29, 0.717) is 10.7 Å². The van der Waals surface area contributed by atoms with E-state index in [1.54, 1.807) is 7.11 Å². The van der Waals surface area contributed by atoms with E-state index in [2.05, 4.69) is 20.9 Å². The highest BCUT2D eigenvalue weighted by atomic mass is 79.9. The Kier molecular flexibility index (Phi) is 2.46. The standard InChI is InChI=1S/C8H12BrNO2/c1-8(2,3)5-6(11-4)10-7(9)12-5/h1-4H3. The Morgan fingerprint density at radius 2 is 2.00 bits per heavy atom. The van der Waals surface area contributed by atoms with Gasteiger partial charge in [0.05, 0.1) is 7.11 Å². The summed E-state index contributed by atoms with van der Waals surface area (Å²) in [5.41, 5.74) is -0.0790. The fraction of sp³-hybridized carbons (Fsp3) is 0.625. The van der Waals surface area contributed by atoms with E-state index in [4.69, 9.17) is 9.15 Å². The Morgan fingerprint density at radius 3 is 2.33 bits per heavy atom. The van der Waals surface area contributed by atoms with Gasteiger partial charge >= 0.3 is 0 Å². The van der Waals surface area contributed by atoms with E-state index in [1.165, 1.54) is 0 Å². The Bertz CT molecular complexity index is 275. The van der Waals surface area contributed by atoms with Gasteiger partial charge in [-0.05, 0) is 0 Å². The van der Waals surface area contributed by atoms with Crippen LogP contribution in [-0.2, 0) is 5.41 Å². The molecule has 1 heterocycles. The zero-order valence-electron chi connectivity index (χ0n) is 7.64. The third kappa shape index (κ3) is 1.80. The van der Waals surface area contributed by atoms with Crippen LogP contribution in [0.3, 0.4) is 0 Å². The van der Waals surface area contributed by atoms with Crippen LogP contribution in [0.4, 0.5) is 0 Å². The summed E-state index contributed by atoms with van der Waals surface area (Å²) in [6.07, 6.45) is 0. The van der Waals surface area contributed by atoms with Crippen molar-refractivity contribution in [1.82, 2.24) is 4.98 Å². The Labute approximate surface area is 80.3 Å². The molecule has 0 fully saturated rings. The van der Waals surface area contributed by atoms with E-state index in [-0.39, 0.29) is 5.41 Å². The molecule has 0 amide bonds. The molecule has 3 nitrogen and oxygen atoms in total. The third-order valence-electron chi connectivity index (χ3n) is 1.44. The van der Waals surface area contributed by atoms with Crippen molar-refractivity contribution in [2.75, 3.05) is 7.11 Å². The molecular weight excluding hydrogens is 222 g/mol. The molecule has 0 bridgehead atoms. The minimum atomic E-state index is -0.0790. The number of halogens is 1. The van der Waals surface area contributed by atoms with Crippen LogP contribution in [0.5, 0.6) is 5.88 Å². The highest BCUT2D eigenvalue weighted by molar-refractivity contribution is 9.10. The summed E-state index contributed by atoms with van der Waals surface area (Å²) in [5, 5.41) is 0. The molecule has 0 unspecified atom stereocenters. The quantitative estimate of drug-likeness (QED) is 0.749. The van der Waals surface area contributed by atoms with Crippen LogP contribution >= 0.6 is 15.9 Å². The van der Waals surface area contributed by atoms with Gasteiger partial charge in [-0.3, -0.25) is 0 Å². The Morgan fingerprint density at radius 1 is 1.42 bits per heavy atom. The number of hydrogen-bond acceptors (Lipinski definition) is 3. The number of rotatable bonds is 1. The molecular formula is C8H12BrNO2. The lowest BCUT2D eigenvalue weighted by Gasteiger charge is -2.14. The van der Waals surface area contributed by atoms with Crippen LogP contribution in [0.1, 0.15) is 26.5 Å². The van der Waals surface area contributed by atoms with Gasteiger partial charge in [-0.25, -0.2) is 0 Å². The minimum absolute atomic E-state index is 0.0790. The summed E-state index contributed by atoms with van der Waals surface area (Å²) in [4.78, 5) is 4.49. The normalized spacial score (nSPS) is 11.8. The highest BCUT2D eigenvalue weighted by Crippen LogP contribution is 2.33. The molecule has 0 saturated carbocycles. The van der Waals surface area contributed by atoms with E-state index < -0.39 is 0 Å².